The van der Waals surface area contributed by atoms with Crippen molar-refractivity contribution in [1.82, 2.24) is 10.3 Å². The highest BCUT2D eigenvalue weighted by Crippen LogP contribution is 2.16. The summed E-state index contributed by atoms with van der Waals surface area (Å²) >= 11 is 0. The third kappa shape index (κ3) is 4.01. The maximum Gasteiger partial charge on any atom is 0.326 e. The van der Waals surface area contributed by atoms with Crippen molar-refractivity contribution in [2.24, 2.45) is 0 Å². The third-order valence-corrected chi connectivity index (χ3v) is 4.05. The summed E-state index contributed by atoms with van der Waals surface area (Å²) in [6.45, 7) is 0. The van der Waals surface area contributed by atoms with Crippen LogP contribution in [0.5, 0.6) is 0 Å². The number of amides is 1. The molecule has 0 radical (unpaired) electrons. The number of fused-ring (bicyclic) bond motifs is 1. The van der Waals surface area contributed by atoms with E-state index >= 15 is 0 Å². The van der Waals surface area contributed by atoms with Gasteiger partial charge in [-0.1, -0.05) is 48.5 Å². The Labute approximate surface area is 145 Å². The van der Waals surface area contributed by atoms with Crippen LogP contribution in [0.3, 0.4) is 0 Å². The van der Waals surface area contributed by atoms with Crippen molar-refractivity contribution in [1.29, 1.82) is 0 Å². The molecule has 2 N–H and O–H groups in total. The molecule has 126 valence electrons. The first-order valence-electron chi connectivity index (χ1n) is 8.06. The van der Waals surface area contributed by atoms with Crippen molar-refractivity contribution in [3.63, 3.8) is 0 Å². The molecule has 0 bridgehead atoms. The van der Waals surface area contributed by atoms with E-state index in [4.69, 9.17) is 0 Å². The highest BCUT2D eigenvalue weighted by molar-refractivity contribution is 6.06. The Morgan fingerprint density at radius 2 is 1.76 bits per heavy atom. The van der Waals surface area contributed by atoms with Crippen LogP contribution in [0.2, 0.25) is 0 Å². The van der Waals surface area contributed by atoms with Crippen LogP contribution in [0.25, 0.3) is 10.9 Å². The van der Waals surface area contributed by atoms with E-state index in [1.165, 1.54) is 0 Å². The second kappa shape index (κ2) is 7.57. The Morgan fingerprint density at radius 1 is 1.00 bits per heavy atom. The van der Waals surface area contributed by atoms with Gasteiger partial charge in [0, 0.05) is 11.6 Å². The number of aryl methyl sites for hydroxylation is 1. The number of para-hydroxylation sites is 1. The normalized spacial score (nSPS) is 11.8. The fourth-order valence-electron chi connectivity index (χ4n) is 2.74. The number of aromatic nitrogens is 1. The van der Waals surface area contributed by atoms with Gasteiger partial charge in [0.1, 0.15) is 6.04 Å². The number of carboxylic acids is 1. The Balaban J connectivity index is 1.75. The molecule has 0 aliphatic carbocycles. The number of carbonyl (C=O) groups is 2. The number of carbonyl (C=O) groups excluding carboxylic acids is 1. The van der Waals surface area contributed by atoms with Gasteiger partial charge in [-0.05, 0) is 30.5 Å². The van der Waals surface area contributed by atoms with Crippen LogP contribution < -0.4 is 5.32 Å². The lowest BCUT2D eigenvalue weighted by Gasteiger charge is -2.15. The molecule has 5 heteroatoms. The molecule has 2 aromatic carbocycles. The van der Waals surface area contributed by atoms with Gasteiger partial charge in [-0.2, -0.15) is 0 Å². The maximum absolute atomic E-state index is 12.6. The number of hydrogen-bond donors (Lipinski definition) is 2. The molecule has 1 heterocycles. The minimum Gasteiger partial charge on any atom is -0.480 e. The lowest BCUT2D eigenvalue weighted by molar-refractivity contribution is -0.139. The molecular formula is C20H18N2O3. The van der Waals surface area contributed by atoms with Crippen LogP contribution in [0, 0.1) is 0 Å². The molecule has 1 aromatic heterocycles. The summed E-state index contributed by atoms with van der Waals surface area (Å²) in [5, 5.41) is 12.9. The van der Waals surface area contributed by atoms with Gasteiger partial charge in [-0.25, -0.2) is 4.79 Å². The quantitative estimate of drug-likeness (QED) is 0.726. The first kappa shape index (κ1) is 16.6. The van der Waals surface area contributed by atoms with Crippen LogP contribution in [-0.2, 0) is 11.2 Å². The number of benzene rings is 2. The van der Waals surface area contributed by atoms with Gasteiger partial charge in [0.05, 0.1) is 11.1 Å². The number of aliphatic carboxylic acids is 1. The summed E-state index contributed by atoms with van der Waals surface area (Å²) in [5.74, 6) is -1.47. The smallest absolute Gasteiger partial charge is 0.326 e. The molecule has 5 nitrogen and oxygen atoms in total. The van der Waals surface area contributed by atoms with Crippen molar-refractivity contribution < 1.29 is 14.7 Å². The fraction of sp³-hybridized carbons (Fsp3) is 0.150. The maximum atomic E-state index is 12.6. The highest BCUT2D eigenvalue weighted by Gasteiger charge is 2.21. The standard InChI is InChI=1S/C20H18N2O3/c23-19(16-10-4-8-15-9-5-13-21-18(15)16)22-17(20(24)25)12-11-14-6-2-1-3-7-14/h1-10,13,17H,11-12H2,(H,22,23)(H,24,25)/t17-/m1/s1. The molecule has 3 rings (SSSR count). The van der Waals surface area contributed by atoms with E-state index in [1.807, 2.05) is 42.5 Å². The summed E-state index contributed by atoms with van der Waals surface area (Å²) < 4.78 is 0. The molecule has 0 saturated heterocycles. The predicted octanol–water partition coefficient (Wildman–Crippen LogP) is 3.05. The number of nitrogens with one attached hydrogen (secondary N) is 1. The zero-order valence-corrected chi connectivity index (χ0v) is 13.6. The van der Waals surface area contributed by atoms with E-state index in [1.54, 1.807) is 24.4 Å². The molecule has 0 spiro atoms. The lowest BCUT2D eigenvalue weighted by Crippen LogP contribution is -2.41. The second-order valence-electron chi connectivity index (χ2n) is 5.77. The zero-order valence-electron chi connectivity index (χ0n) is 13.6. The van der Waals surface area contributed by atoms with E-state index in [-0.39, 0.29) is 0 Å². The van der Waals surface area contributed by atoms with Crippen LogP contribution in [-0.4, -0.2) is 28.0 Å². The van der Waals surface area contributed by atoms with Crippen LogP contribution in [0.4, 0.5) is 0 Å². The topological polar surface area (TPSA) is 79.3 Å². The predicted molar refractivity (Wildman–Crippen MR) is 95.4 cm³/mol. The number of carboxylic acid groups (broad SMARTS) is 1. The number of pyridine rings is 1. The Hall–Kier alpha value is -3.21. The van der Waals surface area contributed by atoms with Gasteiger partial charge in [-0.3, -0.25) is 9.78 Å². The van der Waals surface area contributed by atoms with Crippen LogP contribution in [0.1, 0.15) is 22.3 Å². The van der Waals surface area contributed by atoms with Gasteiger partial charge in [0.25, 0.3) is 5.91 Å². The van der Waals surface area contributed by atoms with Crippen molar-refractivity contribution >= 4 is 22.8 Å². The summed E-state index contributed by atoms with van der Waals surface area (Å²) in [7, 11) is 0. The Bertz CT molecular complexity index is 888. The highest BCUT2D eigenvalue weighted by atomic mass is 16.4. The monoisotopic (exact) mass is 334 g/mol. The SMILES string of the molecule is O=C(N[C@H](CCc1ccccc1)C(=O)O)c1cccc2cccnc12. The van der Waals surface area contributed by atoms with Gasteiger partial charge in [0.15, 0.2) is 0 Å². The van der Waals surface area contributed by atoms with E-state index in [9.17, 15) is 14.7 Å². The van der Waals surface area contributed by atoms with Crippen molar-refractivity contribution in [3.8, 4) is 0 Å². The number of rotatable bonds is 6. The molecule has 3 aromatic rings. The largest absolute Gasteiger partial charge is 0.480 e. The molecule has 0 fully saturated rings. The van der Waals surface area contributed by atoms with Gasteiger partial charge >= 0.3 is 5.97 Å². The minimum atomic E-state index is -1.04. The third-order valence-electron chi connectivity index (χ3n) is 4.05. The lowest BCUT2D eigenvalue weighted by atomic mass is 10.0. The zero-order chi connectivity index (χ0) is 17.6. The minimum absolute atomic E-state index is 0.323. The Morgan fingerprint density at radius 3 is 2.52 bits per heavy atom. The molecule has 0 saturated carbocycles. The molecule has 1 amide bonds. The number of hydrogen-bond acceptors (Lipinski definition) is 3. The molecular weight excluding hydrogens is 316 g/mol. The van der Waals surface area contributed by atoms with Crippen molar-refractivity contribution in [2.45, 2.75) is 18.9 Å². The van der Waals surface area contributed by atoms with E-state index in [0.717, 1.165) is 10.9 Å². The molecule has 1 atom stereocenters. The van der Waals surface area contributed by atoms with Gasteiger partial charge in [-0.15, -0.1) is 0 Å². The van der Waals surface area contributed by atoms with E-state index in [2.05, 4.69) is 10.3 Å². The first-order valence-corrected chi connectivity index (χ1v) is 8.06. The van der Waals surface area contributed by atoms with E-state index < -0.39 is 17.9 Å². The molecule has 0 aliphatic rings. The average molecular weight is 334 g/mol. The summed E-state index contributed by atoms with van der Waals surface area (Å²) in [4.78, 5) is 28.3. The van der Waals surface area contributed by atoms with E-state index in [0.29, 0.717) is 23.9 Å². The summed E-state index contributed by atoms with van der Waals surface area (Å²) in [6.07, 6.45) is 2.51. The van der Waals surface area contributed by atoms with Crippen molar-refractivity contribution in [2.75, 3.05) is 0 Å². The first-order chi connectivity index (χ1) is 12.1. The second-order valence-corrected chi connectivity index (χ2v) is 5.77. The molecule has 0 unspecified atom stereocenters. The summed E-state index contributed by atoms with van der Waals surface area (Å²) in [6, 6.07) is 17.6. The van der Waals surface area contributed by atoms with Crippen LogP contribution >= 0.6 is 0 Å². The molecule has 25 heavy (non-hydrogen) atoms. The Kier molecular flexibility index (Phi) is 5.04. The van der Waals surface area contributed by atoms with Crippen LogP contribution in [0.15, 0.2) is 66.9 Å². The summed E-state index contributed by atoms with van der Waals surface area (Å²) in [5.41, 5.74) is 1.98. The van der Waals surface area contributed by atoms with Crippen molar-refractivity contribution in [3.05, 3.63) is 78.0 Å². The number of nitrogens with zero attached hydrogens (tertiary/aromatic N) is 1. The average Bonchev–Trinajstić information content (AvgIpc) is 2.65. The van der Waals surface area contributed by atoms with Gasteiger partial charge in [0.2, 0.25) is 0 Å². The van der Waals surface area contributed by atoms with Gasteiger partial charge < -0.3 is 10.4 Å². The molecule has 0 aliphatic heterocycles. The fourth-order valence-corrected chi connectivity index (χ4v) is 2.74.